The first-order valence-electron chi connectivity index (χ1n) is 6.88. The SMILES string of the molecule is CC(=O)Nc1cc(Cl)ccc1OS(=O)(=O)c1cc(C)c(Br)cc1C. The Labute approximate surface area is 154 Å². The van der Waals surface area contributed by atoms with Crippen LogP contribution >= 0.6 is 27.5 Å². The van der Waals surface area contributed by atoms with E-state index in [1.54, 1.807) is 19.9 Å². The molecule has 0 atom stereocenters. The van der Waals surface area contributed by atoms with E-state index in [4.69, 9.17) is 15.8 Å². The second-order valence-corrected chi connectivity index (χ2v) is 8.03. The van der Waals surface area contributed by atoms with Crippen LogP contribution in [0.2, 0.25) is 5.02 Å². The number of nitrogens with one attached hydrogen (secondary N) is 1. The van der Waals surface area contributed by atoms with Crippen LogP contribution in [0.4, 0.5) is 5.69 Å². The van der Waals surface area contributed by atoms with E-state index in [2.05, 4.69) is 21.2 Å². The Hall–Kier alpha value is -1.57. The van der Waals surface area contributed by atoms with Crippen molar-refractivity contribution in [3.8, 4) is 5.75 Å². The van der Waals surface area contributed by atoms with Gasteiger partial charge in [0.25, 0.3) is 0 Å². The van der Waals surface area contributed by atoms with Crippen LogP contribution in [-0.4, -0.2) is 14.3 Å². The zero-order chi connectivity index (χ0) is 18.1. The van der Waals surface area contributed by atoms with Gasteiger partial charge in [-0.15, -0.1) is 0 Å². The summed E-state index contributed by atoms with van der Waals surface area (Å²) in [5.74, 6) is -0.371. The first-order chi connectivity index (χ1) is 11.1. The molecular formula is C16H15BrClNO4S. The van der Waals surface area contributed by atoms with E-state index < -0.39 is 10.1 Å². The lowest BCUT2D eigenvalue weighted by Crippen LogP contribution is -2.14. The molecule has 0 aliphatic heterocycles. The molecule has 0 aliphatic rings. The fourth-order valence-corrected chi connectivity index (χ4v) is 3.92. The lowest BCUT2D eigenvalue weighted by molar-refractivity contribution is -0.114. The minimum absolute atomic E-state index is 0.00503. The van der Waals surface area contributed by atoms with Crippen LogP contribution in [0.1, 0.15) is 18.1 Å². The summed E-state index contributed by atoms with van der Waals surface area (Å²) in [6, 6.07) is 7.54. The van der Waals surface area contributed by atoms with Crippen molar-refractivity contribution in [2.24, 2.45) is 0 Å². The number of anilines is 1. The molecule has 1 N–H and O–H groups in total. The Morgan fingerprint density at radius 2 is 1.83 bits per heavy atom. The van der Waals surface area contributed by atoms with Crippen LogP contribution in [0, 0.1) is 13.8 Å². The highest BCUT2D eigenvalue weighted by Gasteiger charge is 2.22. The Kier molecular flexibility index (Phi) is 5.57. The fourth-order valence-electron chi connectivity index (χ4n) is 2.05. The summed E-state index contributed by atoms with van der Waals surface area (Å²) in [6.07, 6.45) is 0. The molecular weight excluding hydrogens is 418 g/mol. The van der Waals surface area contributed by atoms with Crippen molar-refractivity contribution in [1.82, 2.24) is 0 Å². The minimum Gasteiger partial charge on any atom is -0.377 e. The molecule has 128 valence electrons. The molecule has 0 aliphatic carbocycles. The zero-order valence-corrected chi connectivity index (χ0v) is 16.3. The molecule has 0 radical (unpaired) electrons. The van der Waals surface area contributed by atoms with Gasteiger partial charge in [0.05, 0.1) is 5.69 Å². The van der Waals surface area contributed by atoms with Gasteiger partial charge in [0.15, 0.2) is 5.75 Å². The number of rotatable bonds is 4. The van der Waals surface area contributed by atoms with E-state index in [0.29, 0.717) is 10.6 Å². The predicted octanol–water partition coefficient (Wildman–Crippen LogP) is 4.45. The van der Waals surface area contributed by atoms with Crippen LogP contribution in [0.25, 0.3) is 0 Å². The molecule has 24 heavy (non-hydrogen) atoms. The van der Waals surface area contributed by atoms with E-state index in [0.717, 1.165) is 10.0 Å². The summed E-state index contributed by atoms with van der Waals surface area (Å²) in [5, 5.41) is 2.85. The molecule has 5 nitrogen and oxygen atoms in total. The van der Waals surface area contributed by atoms with Gasteiger partial charge in [-0.3, -0.25) is 4.79 Å². The van der Waals surface area contributed by atoms with E-state index in [-0.39, 0.29) is 22.2 Å². The van der Waals surface area contributed by atoms with Crippen LogP contribution in [0.15, 0.2) is 39.7 Å². The van der Waals surface area contributed by atoms with Crippen molar-refractivity contribution < 1.29 is 17.4 Å². The highest BCUT2D eigenvalue weighted by Crippen LogP contribution is 2.32. The number of aryl methyl sites for hydroxylation is 2. The first kappa shape index (κ1) is 18.8. The molecule has 0 unspecified atom stereocenters. The Morgan fingerprint density at radius 3 is 2.46 bits per heavy atom. The fraction of sp³-hybridized carbons (Fsp3) is 0.188. The molecule has 0 aromatic heterocycles. The first-order valence-corrected chi connectivity index (χ1v) is 9.46. The van der Waals surface area contributed by atoms with Crippen molar-refractivity contribution >= 4 is 49.2 Å². The number of carbonyl (C=O) groups excluding carboxylic acids is 1. The third-order valence-corrected chi connectivity index (χ3v) is 5.64. The monoisotopic (exact) mass is 431 g/mol. The van der Waals surface area contributed by atoms with Crippen molar-refractivity contribution in [2.45, 2.75) is 25.7 Å². The number of hydrogen-bond acceptors (Lipinski definition) is 4. The zero-order valence-electron chi connectivity index (χ0n) is 13.2. The summed E-state index contributed by atoms with van der Waals surface area (Å²) >= 11 is 9.25. The molecule has 2 rings (SSSR count). The molecule has 0 saturated carbocycles. The molecule has 0 saturated heterocycles. The average Bonchev–Trinajstić information content (AvgIpc) is 2.45. The van der Waals surface area contributed by atoms with Gasteiger partial charge in [-0.1, -0.05) is 27.5 Å². The molecule has 2 aromatic carbocycles. The van der Waals surface area contributed by atoms with E-state index in [1.165, 1.54) is 31.2 Å². The Bertz CT molecular complexity index is 913. The summed E-state index contributed by atoms with van der Waals surface area (Å²) in [6.45, 7) is 4.77. The second kappa shape index (κ2) is 7.13. The van der Waals surface area contributed by atoms with Gasteiger partial charge in [-0.05, 0) is 55.3 Å². The van der Waals surface area contributed by atoms with Crippen molar-refractivity contribution in [3.05, 3.63) is 51.0 Å². The molecule has 0 heterocycles. The van der Waals surface area contributed by atoms with Crippen molar-refractivity contribution in [2.75, 3.05) is 5.32 Å². The van der Waals surface area contributed by atoms with E-state index >= 15 is 0 Å². The summed E-state index contributed by atoms with van der Waals surface area (Å²) in [5.41, 5.74) is 1.49. The third-order valence-electron chi connectivity index (χ3n) is 3.18. The topological polar surface area (TPSA) is 72.5 Å². The maximum atomic E-state index is 12.6. The van der Waals surface area contributed by atoms with Gasteiger partial charge in [-0.25, -0.2) is 0 Å². The lowest BCUT2D eigenvalue weighted by Gasteiger charge is -2.14. The normalized spacial score (nSPS) is 11.2. The summed E-state index contributed by atoms with van der Waals surface area (Å²) in [4.78, 5) is 11.3. The van der Waals surface area contributed by atoms with E-state index in [1.807, 2.05) is 0 Å². The van der Waals surface area contributed by atoms with Gasteiger partial charge < -0.3 is 9.50 Å². The second-order valence-electron chi connectivity index (χ2n) is 5.23. The predicted molar refractivity (Wildman–Crippen MR) is 97.2 cm³/mol. The minimum atomic E-state index is -4.07. The Morgan fingerprint density at radius 1 is 1.17 bits per heavy atom. The number of carbonyl (C=O) groups is 1. The summed E-state index contributed by atoms with van der Waals surface area (Å²) < 4.78 is 31.3. The number of amides is 1. The van der Waals surface area contributed by atoms with Gasteiger partial charge >= 0.3 is 10.1 Å². The van der Waals surface area contributed by atoms with Gasteiger partial charge in [-0.2, -0.15) is 8.42 Å². The highest BCUT2D eigenvalue weighted by atomic mass is 79.9. The number of halogens is 2. The smallest absolute Gasteiger partial charge is 0.339 e. The summed E-state index contributed by atoms with van der Waals surface area (Å²) in [7, 11) is -4.07. The quantitative estimate of drug-likeness (QED) is 0.725. The Balaban J connectivity index is 2.47. The maximum absolute atomic E-state index is 12.6. The standard InChI is InChI=1S/C16H15BrClNO4S/c1-9-7-16(10(2)6-13(9)17)24(21,22)23-15-5-4-12(18)8-14(15)19-11(3)20/h4-8H,1-3H3,(H,19,20). The maximum Gasteiger partial charge on any atom is 0.339 e. The van der Waals surface area contributed by atoms with Crippen LogP contribution in [0.5, 0.6) is 5.75 Å². The largest absolute Gasteiger partial charge is 0.377 e. The molecule has 2 aromatic rings. The molecule has 0 spiro atoms. The lowest BCUT2D eigenvalue weighted by atomic mass is 10.2. The molecule has 1 amide bonds. The molecule has 0 bridgehead atoms. The van der Waals surface area contributed by atoms with Gasteiger partial charge in [0, 0.05) is 16.4 Å². The van der Waals surface area contributed by atoms with Gasteiger partial charge in [0.1, 0.15) is 4.90 Å². The van der Waals surface area contributed by atoms with E-state index in [9.17, 15) is 13.2 Å². The van der Waals surface area contributed by atoms with Gasteiger partial charge in [0.2, 0.25) is 5.91 Å². The molecule has 0 fully saturated rings. The number of hydrogen-bond donors (Lipinski definition) is 1. The third kappa shape index (κ3) is 4.28. The molecule has 8 heteroatoms. The van der Waals surface area contributed by atoms with Crippen LogP contribution in [0.3, 0.4) is 0 Å². The van der Waals surface area contributed by atoms with Crippen LogP contribution < -0.4 is 9.50 Å². The average molecular weight is 433 g/mol. The number of benzene rings is 2. The van der Waals surface area contributed by atoms with Crippen LogP contribution in [-0.2, 0) is 14.9 Å². The van der Waals surface area contributed by atoms with Crippen molar-refractivity contribution in [3.63, 3.8) is 0 Å². The highest BCUT2D eigenvalue weighted by molar-refractivity contribution is 9.10. The van der Waals surface area contributed by atoms with Crippen molar-refractivity contribution in [1.29, 1.82) is 0 Å².